The fraction of sp³-hybridized carbons (Fsp3) is 0.308. The normalized spacial score (nSPS) is 14.2. The third kappa shape index (κ3) is 4.75. The van der Waals surface area contributed by atoms with Gasteiger partial charge in [-0.2, -0.15) is 4.98 Å². The predicted molar refractivity (Wildman–Crippen MR) is 127 cm³/mol. The Morgan fingerprint density at radius 1 is 1.00 bits per heavy atom. The second-order valence-corrected chi connectivity index (χ2v) is 8.26. The Morgan fingerprint density at radius 2 is 1.80 bits per heavy atom. The molecule has 1 fully saturated rings. The number of hydrogen-bond acceptors (Lipinski definition) is 8. The standard InChI is InChI=1S/C26H26N4O5/c1-3-33-21-10-9-19(15-22(21)32-2)24-27-25(35-29-24)18-11-13-30(14-12-18)26(31)23-16-20(28-34-23)17-7-5-4-6-8-17/h4-10,15-16,18H,3,11-14H2,1-2H3. The second-order valence-electron chi connectivity index (χ2n) is 8.26. The molecule has 1 amide bonds. The van der Waals surface area contributed by atoms with Crippen LogP contribution in [0.2, 0.25) is 0 Å². The Bertz CT molecular complexity index is 1290. The van der Waals surface area contributed by atoms with Crippen molar-refractivity contribution in [3.05, 3.63) is 66.2 Å². The van der Waals surface area contributed by atoms with E-state index in [-0.39, 0.29) is 17.6 Å². The molecule has 4 aromatic rings. The maximum atomic E-state index is 12.9. The fourth-order valence-electron chi connectivity index (χ4n) is 4.21. The van der Waals surface area contributed by atoms with Gasteiger partial charge in [-0.05, 0) is 38.0 Å². The van der Waals surface area contributed by atoms with Crippen molar-refractivity contribution >= 4 is 5.91 Å². The molecule has 2 aromatic heterocycles. The average molecular weight is 475 g/mol. The van der Waals surface area contributed by atoms with Crippen LogP contribution in [0.4, 0.5) is 0 Å². The zero-order valence-electron chi connectivity index (χ0n) is 19.6. The molecule has 0 atom stereocenters. The number of benzene rings is 2. The van der Waals surface area contributed by atoms with Crippen LogP contribution in [-0.4, -0.2) is 52.9 Å². The van der Waals surface area contributed by atoms with Crippen molar-refractivity contribution in [3.63, 3.8) is 0 Å². The highest BCUT2D eigenvalue weighted by molar-refractivity contribution is 5.92. The van der Waals surface area contributed by atoms with Crippen molar-refractivity contribution in [3.8, 4) is 34.1 Å². The van der Waals surface area contributed by atoms with E-state index in [4.69, 9.17) is 18.5 Å². The van der Waals surface area contributed by atoms with E-state index in [0.717, 1.165) is 24.0 Å². The van der Waals surface area contributed by atoms with Crippen molar-refractivity contribution in [1.82, 2.24) is 20.2 Å². The van der Waals surface area contributed by atoms with Crippen molar-refractivity contribution < 1.29 is 23.3 Å². The number of piperidine rings is 1. The molecule has 0 N–H and O–H groups in total. The third-order valence-corrected chi connectivity index (χ3v) is 6.09. The number of hydrogen-bond donors (Lipinski definition) is 0. The molecular formula is C26H26N4O5. The molecule has 0 radical (unpaired) electrons. The monoisotopic (exact) mass is 474 g/mol. The molecule has 0 spiro atoms. The Kier molecular flexibility index (Phi) is 6.47. The van der Waals surface area contributed by atoms with Crippen LogP contribution in [0.3, 0.4) is 0 Å². The highest BCUT2D eigenvalue weighted by Crippen LogP contribution is 2.33. The number of ether oxygens (including phenoxy) is 2. The smallest absolute Gasteiger partial charge is 0.292 e. The number of nitrogens with zero attached hydrogens (tertiary/aromatic N) is 4. The van der Waals surface area contributed by atoms with Gasteiger partial charge in [0.25, 0.3) is 5.91 Å². The Balaban J connectivity index is 1.22. The number of amides is 1. The summed E-state index contributed by atoms with van der Waals surface area (Å²) in [5.74, 6) is 2.52. The van der Waals surface area contributed by atoms with E-state index in [1.165, 1.54) is 0 Å². The summed E-state index contributed by atoms with van der Waals surface area (Å²) in [6, 6.07) is 16.9. The Morgan fingerprint density at radius 3 is 2.54 bits per heavy atom. The average Bonchev–Trinajstić information content (AvgIpc) is 3.60. The van der Waals surface area contributed by atoms with E-state index in [1.807, 2.05) is 55.5 Å². The fourth-order valence-corrected chi connectivity index (χ4v) is 4.21. The van der Waals surface area contributed by atoms with Gasteiger partial charge in [-0.15, -0.1) is 0 Å². The molecule has 9 heteroatoms. The summed E-state index contributed by atoms with van der Waals surface area (Å²) in [5, 5.41) is 8.21. The lowest BCUT2D eigenvalue weighted by atomic mass is 9.96. The molecule has 1 saturated heterocycles. The van der Waals surface area contributed by atoms with Gasteiger partial charge in [0.1, 0.15) is 5.69 Å². The van der Waals surface area contributed by atoms with Crippen LogP contribution < -0.4 is 9.47 Å². The molecule has 1 aliphatic rings. The highest BCUT2D eigenvalue weighted by atomic mass is 16.5. The minimum atomic E-state index is -0.161. The number of carbonyl (C=O) groups is 1. The van der Waals surface area contributed by atoms with Gasteiger partial charge in [0.15, 0.2) is 11.5 Å². The van der Waals surface area contributed by atoms with Gasteiger partial charge in [0, 0.05) is 36.2 Å². The first-order valence-electron chi connectivity index (χ1n) is 11.6. The van der Waals surface area contributed by atoms with Gasteiger partial charge in [-0.25, -0.2) is 0 Å². The van der Waals surface area contributed by atoms with E-state index in [1.54, 1.807) is 18.1 Å². The second kappa shape index (κ2) is 10.0. The van der Waals surface area contributed by atoms with Gasteiger partial charge in [-0.1, -0.05) is 40.6 Å². The van der Waals surface area contributed by atoms with E-state index in [9.17, 15) is 4.79 Å². The van der Waals surface area contributed by atoms with Crippen molar-refractivity contribution in [2.24, 2.45) is 0 Å². The first kappa shape index (κ1) is 22.6. The number of carbonyl (C=O) groups excluding carboxylic acids is 1. The minimum Gasteiger partial charge on any atom is -0.493 e. The molecule has 5 rings (SSSR count). The van der Waals surface area contributed by atoms with Gasteiger partial charge >= 0.3 is 0 Å². The summed E-state index contributed by atoms with van der Waals surface area (Å²) in [6.07, 6.45) is 1.44. The van der Waals surface area contributed by atoms with Crippen LogP contribution in [0, 0.1) is 0 Å². The van der Waals surface area contributed by atoms with Gasteiger partial charge in [0.05, 0.1) is 13.7 Å². The van der Waals surface area contributed by atoms with Crippen LogP contribution in [0.25, 0.3) is 22.6 Å². The van der Waals surface area contributed by atoms with Crippen molar-refractivity contribution in [2.45, 2.75) is 25.7 Å². The number of rotatable bonds is 7. The van der Waals surface area contributed by atoms with E-state index in [0.29, 0.717) is 48.6 Å². The van der Waals surface area contributed by atoms with Crippen molar-refractivity contribution in [1.29, 1.82) is 0 Å². The van der Waals surface area contributed by atoms with Crippen LogP contribution in [0.15, 0.2) is 63.6 Å². The summed E-state index contributed by atoms with van der Waals surface area (Å²) in [7, 11) is 1.60. The number of likely N-dealkylation sites (tertiary alicyclic amines) is 1. The molecule has 9 nitrogen and oxygen atoms in total. The van der Waals surface area contributed by atoms with Crippen molar-refractivity contribution in [2.75, 3.05) is 26.8 Å². The lowest BCUT2D eigenvalue weighted by Gasteiger charge is -2.29. The first-order valence-corrected chi connectivity index (χ1v) is 11.6. The molecule has 0 bridgehead atoms. The van der Waals surface area contributed by atoms with Crippen LogP contribution >= 0.6 is 0 Å². The molecule has 3 heterocycles. The minimum absolute atomic E-state index is 0.0829. The SMILES string of the molecule is CCOc1ccc(-c2noc(C3CCN(C(=O)c4cc(-c5ccccc5)no4)CC3)n2)cc1OC. The largest absolute Gasteiger partial charge is 0.493 e. The third-order valence-electron chi connectivity index (χ3n) is 6.09. The molecule has 0 aliphatic carbocycles. The summed E-state index contributed by atoms with van der Waals surface area (Å²) < 4.78 is 21.9. The Hall–Kier alpha value is -4.14. The molecule has 0 unspecified atom stereocenters. The molecule has 1 aliphatic heterocycles. The summed E-state index contributed by atoms with van der Waals surface area (Å²) in [4.78, 5) is 19.3. The van der Waals surface area contributed by atoms with Crippen LogP contribution in [-0.2, 0) is 0 Å². The maximum Gasteiger partial charge on any atom is 0.292 e. The lowest BCUT2D eigenvalue weighted by Crippen LogP contribution is -2.37. The lowest BCUT2D eigenvalue weighted by molar-refractivity contribution is 0.0663. The highest BCUT2D eigenvalue weighted by Gasteiger charge is 2.30. The molecule has 2 aromatic carbocycles. The first-order chi connectivity index (χ1) is 17.2. The molecule has 35 heavy (non-hydrogen) atoms. The predicted octanol–water partition coefficient (Wildman–Crippen LogP) is 4.82. The molecular weight excluding hydrogens is 448 g/mol. The molecule has 180 valence electrons. The van der Waals surface area contributed by atoms with Gasteiger partial charge in [-0.3, -0.25) is 4.79 Å². The number of methoxy groups -OCH3 is 1. The zero-order chi connectivity index (χ0) is 24.2. The summed E-state index contributed by atoms with van der Waals surface area (Å²) in [5.41, 5.74) is 2.34. The molecule has 0 saturated carbocycles. The Labute approximate surface area is 202 Å². The van der Waals surface area contributed by atoms with E-state index in [2.05, 4.69) is 15.3 Å². The van der Waals surface area contributed by atoms with Crippen LogP contribution in [0.5, 0.6) is 11.5 Å². The quantitative estimate of drug-likeness (QED) is 0.376. The maximum absolute atomic E-state index is 12.9. The summed E-state index contributed by atoms with van der Waals surface area (Å²) in [6.45, 7) is 3.61. The van der Waals surface area contributed by atoms with E-state index < -0.39 is 0 Å². The van der Waals surface area contributed by atoms with Crippen LogP contribution in [0.1, 0.15) is 42.1 Å². The van der Waals surface area contributed by atoms with Gasteiger partial charge < -0.3 is 23.4 Å². The van der Waals surface area contributed by atoms with E-state index >= 15 is 0 Å². The number of aromatic nitrogens is 3. The zero-order valence-corrected chi connectivity index (χ0v) is 19.6. The topological polar surface area (TPSA) is 104 Å². The summed E-state index contributed by atoms with van der Waals surface area (Å²) >= 11 is 0. The van der Waals surface area contributed by atoms with Gasteiger partial charge in [0.2, 0.25) is 17.5 Å².